The fraction of sp³-hybridized carbons (Fsp3) is 0.429. The van der Waals surface area contributed by atoms with E-state index in [9.17, 15) is 9.18 Å². The van der Waals surface area contributed by atoms with Crippen molar-refractivity contribution in [3.63, 3.8) is 0 Å². The number of nitrogens with one attached hydrogen (secondary N) is 1. The number of rotatable bonds is 2. The SMILES string of the molecule is CN1CCCC(c2nc3c(C(N)=O)c(F)ccc3[nH]2)C1. The van der Waals surface area contributed by atoms with Crippen molar-refractivity contribution in [1.82, 2.24) is 14.9 Å². The van der Waals surface area contributed by atoms with Crippen molar-refractivity contribution in [3.8, 4) is 0 Å². The van der Waals surface area contributed by atoms with Crippen LogP contribution in [-0.2, 0) is 0 Å². The van der Waals surface area contributed by atoms with Crippen LogP contribution in [0.3, 0.4) is 0 Å². The molecule has 3 rings (SSSR count). The second-order valence-electron chi connectivity index (χ2n) is 5.41. The molecule has 1 amide bonds. The number of likely N-dealkylation sites (N-methyl/N-ethyl adjacent to an activating group) is 1. The van der Waals surface area contributed by atoms with Crippen molar-refractivity contribution in [2.24, 2.45) is 5.73 Å². The third kappa shape index (κ3) is 2.16. The van der Waals surface area contributed by atoms with E-state index in [-0.39, 0.29) is 11.5 Å². The first kappa shape index (κ1) is 13.1. The lowest BCUT2D eigenvalue weighted by Gasteiger charge is -2.28. The molecule has 0 radical (unpaired) electrons. The average Bonchev–Trinajstić information content (AvgIpc) is 2.81. The molecule has 2 aromatic rings. The Morgan fingerprint density at radius 3 is 3.05 bits per heavy atom. The summed E-state index contributed by atoms with van der Waals surface area (Å²) >= 11 is 0. The number of primary amides is 1. The van der Waals surface area contributed by atoms with Gasteiger partial charge in [0.05, 0.1) is 5.52 Å². The van der Waals surface area contributed by atoms with E-state index in [1.807, 2.05) is 0 Å². The van der Waals surface area contributed by atoms with Gasteiger partial charge in [0.1, 0.15) is 22.7 Å². The van der Waals surface area contributed by atoms with Crippen LogP contribution in [0.2, 0.25) is 0 Å². The summed E-state index contributed by atoms with van der Waals surface area (Å²) in [5, 5.41) is 0. The fourth-order valence-electron chi connectivity index (χ4n) is 2.89. The van der Waals surface area contributed by atoms with Crippen molar-refractivity contribution >= 4 is 16.9 Å². The number of hydrogen-bond acceptors (Lipinski definition) is 3. The molecule has 1 aromatic carbocycles. The number of aromatic amines is 1. The van der Waals surface area contributed by atoms with Gasteiger partial charge < -0.3 is 15.6 Å². The number of nitrogens with two attached hydrogens (primary N) is 1. The standard InChI is InChI=1S/C14H17FN4O/c1-19-6-2-3-8(7-19)14-17-10-5-4-9(15)11(13(16)20)12(10)18-14/h4-5,8H,2-3,6-7H2,1H3,(H2,16,20)(H,17,18). The van der Waals surface area contributed by atoms with Crippen LogP contribution in [0.4, 0.5) is 4.39 Å². The van der Waals surface area contributed by atoms with Gasteiger partial charge in [-0.15, -0.1) is 0 Å². The van der Waals surface area contributed by atoms with E-state index in [4.69, 9.17) is 5.73 Å². The summed E-state index contributed by atoms with van der Waals surface area (Å²) < 4.78 is 13.7. The molecule has 6 heteroatoms. The van der Waals surface area contributed by atoms with E-state index in [0.29, 0.717) is 11.0 Å². The van der Waals surface area contributed by atoms with Crippen LogP contribution in [0.5, 0.6) is 0 Å². The van der Waals surface area contributed by atoms with Crippen LogP contribution in [-0.4, -0.2) is 40.9 Å². The summed E-state index contributed by atoms with van der Waals surface area (Å²) in [6.07, 6.45) is 2.15. The highest BCUT2D eigenvalue weighted by Gasteiger charge is 2.23. The highest BCUT2D eigenvalue weighted by Crippen LogP contribution is 2.27. The Kier molecular flexibility index (Phi) is 3.17. The first-order chi connectivity index (χ1) is 9.56. The maximum atomic E-state index is 13.7. The van der Waals surface area contributed by atoms with Gasteiger partial charge in [-0.3, -0.25) is 4.79 Å². The van der Waals surface area contributed by atoms with Crippen molar-refractivity contribution in [1.29, 1.82) is 0 Å². The first-order valence-electron chi connectivity index (χ1n) is 6.72. The Balaban J connectivity index is 2.06. The first-order valence-corrected chi connectivity index (χ1v) is 6.72. The monoisotopic (exact) mass is 276 g/mol. The van der Waals surface area contributed by atoms with E-state index in [1.54, 1.807) is 6.07 Å². The van der Waals surface area contributed by atoms with Gasteiger partial charge in [0.25, 0.3) is 5.91 Å². The van der Waals surface area contributed by atoms with Gasteiger partial charge in [0.2, 0.25) is 0 Å². The van der Waals surface area contributed by atoms with Gasteiger partial charge in [-0.25, -0.2) is 9.37 Å². The van der Waals surface area contributed by atoms with Gasteiger partial charge in [-0.1, -0.05) is 0 Å². The highest BCUT2D eigenvalue weighted by molar-refractivity contribution is 6.04. The number of carbonyl (C=O) groups excluding carboxylic acids is 1. The molecular weight excluding hydrogens is 259 g/mol. The second-order valence-corrected chi connectivity index (χ2v) is 5.41. The Morgan fingerprint density at radius 2 is 2.35 bits per heavy atom. The molecule has 1 aliphatic rings. The molecule has 1 saturated heterocycles. The topological polar surface area (TPSA) is 75.0 Å². The Hall–Kier alpha value is -1.95. The van der Waals surface area contributed by atoms with Crippen LogP contribution in [0.25, 0.3) is 11.0 Å². The average molecular weight is 276 g/mol. The number of piperidine rings is 1. The number of carbonyl (C=O) groups is 1. The van der Waals surface area contributed by atoms with Gasteiger partial charge in [0.15, 0.2) is 0 Å². The molecule has 0 aliphatic carbocycles. The lowest BCUT2D eigenvalue weighted by Crippen LogP contribution is -2.31. The Labute approximate surface area is 116 Å². The van der Waals surface area contributed by atoms with Crippen LogP contribution >= 0.6 is 0 Å². The molecule has 3 N–H and O–H groups in total. The van der Waals surface area contributed by atoms with Gasteiger partial charge >= 0.3 is 0 Å². The Morgan fingerprint density at radius 1 is 1.55 bits per heavy atom. The summed E-state index contributed by atoms with van der Waals surface area (Å²) in [5.41, 5.74) is 6.11. The number of amides is 1. The number of likely N-dealkylation sites (tertiary alicyclic amines) is 1. The minimum absolute atomic E-state index is 0.130. The molecule has 1 unspecified atom stereocenters. The summed E-state index contributed by atoms with van der Waals surface area (Å²) in [5.74, 6) is -0.319. The molecule has 1 atom stereocenters. The predicted molar refractivity (Wildman–Crippen MR) is 74.0 cm³/mol. The zero-order valence-corrected chi connectivity index (χ0v) is 11.3. The molecule has 0 spiro atoms. The molecule has 20 heavy (non-hydrogen) atoms. The fourth-order valence-corrected chi connectivity index (χ4v) is 2.89. The maximum Gasteiger partial charge on any atom is 0.253 e. The third-order valence-electron chi connectivity index (χ3n) is 3.88. The van der Waals surface area contributed by atoms with Gasteiger partial charge in [-0.05, 0) is 38.6 Å². The van der Waals surface area contributed by atoms with Crippen molar-refractivity contribution in [2.75, 3.05) is 20.1 Å². The van der Waals surface area contributed by atoms with Crippen LogP contribution in [0.1, 0.15) is 34.9 Å². The maximum absolute atomic E-state index is 13.7. The van der Waals surface area contributed by atoms with Crippen molar-refractivity contribution in [2.45, 2.75) is 18.8 Å². The predicted octanol–water partition coefficient (Wildman–Crippen LogP) is 1.61. The van der Waals surface area contributed by atoms with Crippen LogP contribution in [0, 0.1) is 5.82 Å². The molecule has 2 heterocycles. The number of fused-ring (bicyclic) bond motifs is 1. The molecule has 1 fully saturated rings. The van der Waals surface area contributed by atoms with Crippen LogP contribution in [0.15, 0.2) is 12.1 Å². The molecule has 106 valence electrons. The number of aromatic nitrogens is 2. The molecule has 0 bridgehead atoms. The zero-order valence-electron chi connectivity index (χ0n) is 11.3. The molecule has 5 nitrogen and oxygen atoms in total. The second kappa shape index (κ2) is 4.86. The minimum atomic E-state index is -0.785. The largest absolute Gasteiger partial charge is 0.365 e. The lowest BCUT2D eigenvalue weighted by atomic mass is 9.98. The van der Waals surface area contributed by atoms with E-state index < -0.39 is 11.7 Å². The summed E-state index contributed by atoms with van der Waals surface area (Å²) in [4.78, 5) is 21.3. The summed E-state index contributed by atoms with van der Waals surface area (Å²) in [6.45, 7) is 1.99. The van der Waals surface area contributed by atoms with E-state index in [0.717, 1.165) is 31.8 Å². The number of hydrogen-bond donors (Lipinski definition) is 2. The number of H-pyrrole nitrogens is 1. The number of halogens is 1. The third-order valence-corrected chi connectivity index (χ3v) is 3.88. The molecule has 1 aromatic heterocycles. The number of benzene rings is 1. The minimum Gasteiger partial charge on any atom is -0.365 e. The number of imidazole rings is 1. The van der Waals surface area contributed by atoms with Crippen molar-refractivity contribution < 1.29 is 9.18 Å². The summed E-state index contributed by atoms with van der Waals surface area (Å²) in [6, 6.07) is 2.84. The number of nitrogens with zero attached hydrogens (tertiary/aromatic N) is 2. The van der Waals surface area contributed by atoms with E-state index in [1.165, 1.54) is 6.07 Å². The smallest absolute Gasteiger partial charge is 0.253 e. The molecule has 1 aliphatic heterocycles. The van der Waals surface area contributed by atoms with Crippen molar-refractivity contribution in [3.05, 3.63) is 29.3 Å². The van der Waals surface area contributed by atoms with Gasteiger partial charge in [-0.2, -0.15) is 0 Å². The normalized spacial score (nSPS) is 20.4. The molecular formula is C14H17FN4O. The molecule has 0 saturated carbocycles. The highest BCUT2D eigenvalue weighted by atomic mass is 19.1. The van der Waals surface area contributed by atoms with E-state index >= 15 is 0 Å². The van der Waals surface area contributed by atoms with Gasteiger partial charge in [0, 0.05) is 12.5 Å². The zero-order chi connectivity index (χ0) is 14.3. The van der Waals surface area contributed by atoms with Crippen LogP contribution < -0.4 is 5.73 Å². The Bertz CT molecular complexity index is 666. The lowest BCUT2D eigenvalue weighted by molar-refractivity contribution is 0.0998. The summed E-state index contributed by atoms with van der Waals surface area (Å²) in [7, 11) is 2.07. The quantitative estimate of drug-likeness (QED) is 0.875. The van der Waals surface area contributed by atoms with E-state index in [2.05, 4.69) is 21.9 Å².